The van der Waals surface area contributed by atoms with Crippen LogP contribution in [0, 0.1) is 22.7 Å². The maximum absolute atomic E-state index is 6.33. The van der Waals surface area contributed by atoms with E-state index in [1.165, 1.54) is 0 Å². The van der Waals surface area contributed by atoms with Crippen molar-refractivity contribution in [2.24, 2.45) is 22.3 Å². The number of rotatable bonds is 4. The molecule has 0 bridgehead atoms. The molecule has 6 N–H and O–H groups in total. The van der Waals surface area contributed by atoms with Crippen LogP contribution in [0.25, 0.3) is 22.5 Å². The molecule has 2 aromatic heterocycles. The molecule has 2 unspecified atom stereocenters. The van der Waals surface area contributed by atoms with Gasteiger partial charge in [-0.3, -0.25) is 0 Å². The standard InChI is InChI=1S/C30H36N6/c1-29(2,3)25(31)27-33-17-23(35-27)21-13-9-19(10-14-21)7-8-20-11-15-22(16-12-20)24-18-34-28(36-24)26(32)30(4,5)6/h9-18,25-26H,31-32H2,1-6H3,(H,33,35)(H,34,36). The van der Waals surface area contributed by atoms with Crippen LogP contribution < -0.4 is 11.5 Å². The van der Waals surface area contributed by atoms with Crippen molar-refractivity contribution in [2.75, 3.05) is 0 Å². The molecule has 0 fully saturated rings. The lowest BCUT2D eigenvalue weighted by Crippen LogP contribution is -2.27. The molecule has 4 rings (SSSR count). The summed E-state index contributed by atoms with van der Waals surface area (Å²) >= 11 is 0. The molecular weight excluding hydrogens is 444 g/mol. The summed E-state index contributed by atoms with van der Waals surface area (Å²) in [6, 6.07) is 16.0. The minimum absolute atomic E-state index is 0.0617. The van der Waals surface area contributed by atoms with E-state index in [2.05, 4.69) is 73.3 Å². The van der Waals surface area contributed by atoms with E-state index < -0.39 is 0 Å². The van der Waals surface area contributed by atoms with Crippen LogP contribution in [0.3, 0.4) is 0 Å². The van der Waals surface area contributed by atoms with E-state index in [1.54, 1.807) is 0 Å². The Balaban J connectivity index is 1.44. The number of nitrogens with one attached hydrogen (secondary N) is 2. The first-order valence-electron chi connectivity index (χ1n) is 12.3. The summed E-state index contributed by atoms with van der Waals surface area (Å²) < 4.78 is 0. The predicted molar refractivity (Wildman–Crippen MR) is 147 cm³/mol. The predicted octanol–water partition coefficient (Wildman–Crippen LogP) is 5.96. The van der Waals surface area contributed by atoms with E-state index in [-0.39, 0.29) is 22.9 Å². The Kier molecular flexibility index (Phi) is 6.90. The van der Waals surface area contributed by atoms with Gasteiger partial charge in [-0.15, -0.1) is 0 Å². The van der Waals surface area contributed by atoms with Gasteiger partial charge in [0.1, 0.15) is 11.6 Å². The highest BCUT2D eigenvalue weighted by molar-refractivity contribution is 5.62. The average Bonchev–Trinajstić information content (AvgIpc) is 3.52. The summed E-state index contributed by atoms with van der Waals surface area (Å²) in [6.45, 7) is 12.7. The molecule has 0 spiro atoms. The van der Waals surface area contributed by atoms with Crippen molar-refractivity contribution < 1.29 is 0 Å². The minimum Gasteiger partial charge on any atom is -0.341 e. The molecule has 36 heavy (non-hydrogen) atoms. The Bertz CT molecular complexity index is 1260. The van der Waals surface area contributed by atoms with Gasteiger partial charge in [0, 0.05) is 11.1 Å². The molecule has 4 aromatic rings. The maximum Gasteiger partial charge on any atom is 0.124 e. The van der Waals surface area contributed by atoms with Gasteiger partial charge in [-0.1, -0.05) is 77.6 Å². The fourth-order valence-corrected chi connectivity index (χ4v) is 3.71. The molecule has 0 saturated carbocycles. The van der Waals surface area contributed by atoms with Crippen LogP contribution in [0.4, 0.5) is 0 Å². The fraction of sp³-hybridized carbons (Fsp3) is 0.333. The Morgan fingerprint density at radius 2 is 0.944 bits per heavy atom. The number of imidazole rings is 2. The number of nitrogens with two attached hydrogens (primary N) is 2. The zero-order valence-electron chi connectivity index (χ0n) is 22.0. The monoisotopic (exact) mass is 480 g/mol. The second-order valence-electron chi connectivity index (χ2n) is 11.5. The molecule has 0 saturated heterocycles. The number of aromatic amines is 2. The second kappa shape index (κ2) is 9.77. The van der Waals surface area contributed by atoms with E-state index in [1.807, 2.05) is 60.9 Å². The molecule has 6 heteroatoms. The lowest BCUT2D eigenvalue weighted by atomic mass is 9.87. The van der Waals surface area contributed by atoms with Crippen LogP contribution in [0.15, 0.2) is 60.9 Å². The Hall–Kier alpha value is -3.66. The smallest absolute Gasteiger partial charge is 0.124 e. The molecule has 186 valence electrons. The molecule has 0 amide bonds. The molecule has 2 atom stereocenters. The lowest BCUT2D eigenvalue weighted by molar-refractivity contribution is 0.316. The third-order valence-corrected chi connectivity index (χ3v) is 6.39. The van der Waals surface area contributed by atoms with Gasteiger partial charge in [0.2, 0.25) is 0 Å². The highest BCUT2D eigenvalue weighted by Crippen LogP contribution is 2.31. The van der Waals surface area contributed by atoms with Crippen LogP contribution in [0.5, 0.6) is 0 Å². The van der Waals surface area contributed by atoms with Crippen LogP contribution in [0.2, 0.25) is 0 Å². The number of nitrogens with zero attached hydrogens (tertiary/aromatic N) is 2. The topological polar surface area (TPSA) is 109 Å². The fourth-order valence-electron chi connectivity index (χ4n) is 3.71. The van der Waals surface area contributed by atoms with E-state index in [4.69, 9.17) is 11.5 Å². The normalized spacial score (nSPS) is 13.7. The van der Waals surface area contributed by atoms with E-state index in [0.717, 1.165) is 45.3 Å². The van der Waals surface area contributed by atoms with Crippen molar-refractivity contribution in [2.45, 2.75) is 53.6 Å². The number of hydrogen-bond donors (Lipinski definition) is 4. The molecule has 6 nitrogen and oxygen atoms in total. The molecule has 0 aliphatic carbocycles. The van der Waals surface area contributed by atoms with Gasteiger partial charge in [-0.2, -0.15) is 0 Å². The van der Waals surface area contributed by atoms with Crippen molar-refractivity contribution in [3.8, 4) is 34.4 Å². The molecule has 2 aromatic carbocycles. The van der Waals surface area contributed by atoms with Gasteiger partial charge in [0.05, 0.1) is 35.9 Å². The summed E-state index contributed by atoms with van der Waals surface area (Å²) in [5.41, 5.74) is 18.4. The first-order chi connectivity index (χ1) is 16.9. The quantitative estimate of drug-likeness (QED) is 0.270. The van der Waals surface area contributed by atoms with Gasteiger partial charge in [-0.25, -0.2) is 9.97 Å². The van der Waals surface area contributed by atoms with Crippen LogP contribution >= 0.6 is 0 Å². The largest absolute Gasteiger partial charge is 0.341 e. The Labute approximate surface area is 214 Å². The number of aromatic nitrogens is 4. The molecule has 0 aliphatic rings. The van der Waals surface area contributed by atoms with E-state index in [0.29, 0.717) is 0 Å². The first kappa shape index (κ1) is 25.4. The first-order valence-corrected chi connectivity index (χ1v) is 12.3. The highest BCUT2D eigenvalue weighted by atomic mass is 15.0. The zero-order chi connectivity index (χ0) is 26.1. The van der Waals surface area contributed by atoms with Crippen molar-refractivity contribution in [1.82, 2.24) is 19.9 Å². The summed E-state index contributed by atoms with van der Waals surface area (Å²) in [4.78, 5) is 15.7. The number of benzene rings is 2. The SMILES string of the molecule is CC(C)(C)C(N)c1ncc(-c2ccc(C#Cc3ccc(-c4cnc(C(N)C(C)(C)C)[nH]4)cc3)cc2)[nH]1. The zero-order valence-corrected chi connectivity index (χ0v) is 22.0. The van der Waals surface area contributed by atoms with Gasteiger partial charge < -0.3 is 21.4 Å². The molecule has 0 aliphatic heterocycles. The second-order valence-corrected chi connectivity index (χ2v) is 11.5. The Morgan fingerprint density at radius 3 is 1.25 bits per heavy atom. The third-order valence-electron chi connectivity index (χ3n) is 6.39. The van der Waals surface area contributed by atoms with Crippen molar-refractivity contribution in [1.29, 1.82) is 0 Å². The molecule has 2 heterocycles. The van der Waals surface area contributed by atoms with Gasteiger partial charge in [0.25, 0.3) is 0 Å². The van der Waals surface area contributed by atoms with Gasteiger partial charge >= 0.3 is 0 Å². The van der Waals surface area contributed by atoms with Crippen molar-refractivity contribution in [3.63, 3.8) is 0 Å². The van der Waals surface area contributed by atoms with Crippen LogP contribution in [-0.2, 0) is 0 Å². The van der Waals surface area contributed by atoms with Crippen LogP contribution in [0.1, 0.15) is 76.4 Å². The maximum atomic E-state index is 6.33. The summed E-state index contributed by atoms with van der Waals surface area (Å²) in [7, 11) is 0. The lowest BCUT2D eigenvalue weighted by Gasteiger charge is -2.25. The summed E-state index contributed by atoms with van der Waals surface area (Å²) in [6.07, 6.45) is 3.67. The van der Waals surface area contributed by atoms with Crippen molar-refractivity contribution >= 4 is 0 Å². The molecular formula is C30H36N6. The summed E-state index contributed by atoms with van der Waals surface area (Å²) in [5, 5.41) is 0. The van der Waals surface area contributed by atoms with Crippen LogP contribution in [-0.4, -0.2) is 19.9 Å². The number of H-pyrrole nitrogens is 2. The summed E-state index contributed by atoms with van der Waals surface area (Å²) in [5.74, 6) is 8.09. The van der Waals surface area contributed by atoms with Gasteiger partial charge in [0.15, 0.2) is 0 Å². The minimum atomic E-state index is -0.154. The molecule has 0 radical (unpaired) electrons. The van der Waals surface area contributed by atoms with E-state index in [9.17, 15) is 0 Å². The van der Waals surface area contributed by atoms with Gasteiger partial charge in [-0.05, 0) is 46.2 Å². The average molecular weight is 481 g/mol. The highest BCUT2D eigenvalue weighted by Gasteiger charge is 2.25. The third kappa shape index (κ3) is 5.76. The Morgan fingerprint density at radius 1 is 0.611 bits per heavy atom. The number of hydrogen-bond acceptors (Lipinski definition) is 4. The van der Waals surface area contributed by atoms with Crippen molar-refractivity contribution in [3.05, 3.63) is 83.7 Å². The van der Waals surface area contributed by atoms with E-state index >= 15 is 0 Å².